The molecule has 2 aliphatic rings. The van der Waals surface area contributed by atoms with Gasteiger partial charge in [-0.05, 0) is 34.4 Å². The van der Waals surface area contributed by atoms with Gasteiger partial charge in [0.15, 0.2) is 6.29 Å². The lowest BCUT2D eigenvalue weighted by Crippen LogP contribution is -2.67. The summed E-state index contributed by atoms with van der Waals surface area (Å²) >= 11 is 0. The van der Waals surface area contributed by atoms with Crippen LogP contribution in [-0.2, 0) is 50.1 Å². The lowest BCUT2D eigenvalue weighted by Gasteiger charge is -2.48. The first-order chi connectivity index (χ1) is 24.7. The van der Waals surface area contributed by atoms with Crippen LogP contribution in [0.25, 0.3) is 0 Å². The summed E-state index contributed by atoms with van der Waals surface area (Å²) in [5.41, 5.74) is 4.48. The molecule has 0 spiro atoms. The fourth-order valence-electron chi connectivity index (χ4n) is 6.46. The van der Waals surface area contributed by atoms with E-state index in [4.69, 9.17) is 23.7 Å². The predicted molar refractivity (Wildman–Crippen MR) is 187 cm³/mol. The fraction of sp³-hybridized carbons (Fsp3) is 0.238. The summed E-state index contributed by atoms with van der Waals surface area (Å²) in [6, 6.07) is 45.1. The van der Waals surface area contributed by atoms with Crippen LogP contribution in [0.5, 0.6) is 0 Å². The van der Waals surface area contributed by atoms with E-state index in [1.54, 1.807) is 24.3 Å². The van der Waals surface area contributed by atoms with Crippen molar-refractivity contribution in [1.82, 2.24) is 4.90 Å². The molecule has 7 rings (SSSR count). The molecule has 8 heteroatoms. The molecule has 0 saturated carbocycles. The monoisotopic (exact) mass is 669 g/mol. The molecule has 254 valence electrons. The number of fused-ring (bicyclic) bond motifs is 1. The Bertz CT molecular complexity index is 1800. The van der Waals surface area contributed by atoms with Gasteiger partial charge in [-0.15, -0.1) is 0 Å². The Morgan fingerprint density at radius 1 is 0.480 bits per heavy atom. The Morgan fingerprint density at radius 3 is 1.36 bits per heavy atom. The van der Waals surface area contributed by atoms with Gasteiger partial charge < -0.3 is 23.7 Å². The van der Waals surface area contributed by atoms with E-state index >= 15 is 0 Å². The number of carbonyl (C=O) groups excluding carboxylic acids is 2. The molecular weight excluding hydrogens is 630 g/mol. The van der Waals surface area contributed by atoms with Gasteiger partial charge in [0.1, 0.15) is 24.4 Å². The second-order valence-electron chi connectivity index (χ2n) is 12.4. The quantitative estimate of drug-likeness (QED) is 0.118. The highest BCUT2D eigenvalue weighted by molar-refractivity contribution is 6.21. The van der Waals surface area contributed by atoms with Crippen molar-refractivity contribution in [2.24, 2.45) is 0 Å². The van der Waals surface area contributed by atoms with E-state index in [-0.39, 0.29) is 26.4 Å². The minimum Gasteiger partial charge on any atom is -0.374 e. The molecule has 5 atom stereocenters. The van der Waals surface area contributed by atoms with Crippen LogP contribution >= 0.6 is 0 Å². The molecule has 0 aromatic heterocycles. The third kappa shape index (κ3) is 7.75. The largest absolute Gasteiger partial charge is 0.374 e. The first kappa shape index (κ1) is 33.5. The third-order valence-corrected chi connectivity index (χ3v) is 8.96. The number of hydrogen-bond acceptors (Lipinski definition) is 7. The molecule has 1 saturated heterocycles. The first-order valence-electron chi connectivity index (χ1n) is 16.9. The summed E-state index contributed by atoms with van der Waals surface area (Å²) in [6.45, 7) is 1.15. The van der Waals surface area contributed by atoms with Gasteiger partial charge in [0.25, 0.3) is 11.8 Å². The van der Waals surface area contributed by atoms with Crippen LogP contribution < -0.4 is 0 Å². The SMILES string of the molecule is O=C1c2ccccc2C(=O)N1[C@@H]1[C@@H](OCc2ccccc2)O[C@H](COCc2ccccc2)[C@@H](OCc2ccccc2)[C@@H]1OCc1ccccc1. The Labute approximate surface area is 292 Å². The molecule has 0 aliphatic carbocycles. The highest BCUT2D eigenvalue weighted by atomic mass is 16.7. The molecule has 8 nitrogen and oxygen atoms in total. The zero-order chi connectivity index (χ0) is 34.1. The Balaban J connectivity index is 1.26. The Hall–Kier alpha value is -4.96. The standard InChI is InChI=1S/C42H39NO7/c44-40-34-23-13-14-24-35(34)41(45)43(40)37-39(48-27-32-19-9-3-10-20-32)38(47-26-31-17-7-2-8-18-31)36(29-46-25-30-15-5-1-6-16-30)50-42(37)49-28-33-21-11-4-12-22-33/h1-24,36-39,42H,25-29H2/t36-,37+,38-,39-,42+/m1/s1. The number of imide groups is 1. The van der Waals surface area contributed by atoms with Crippen molar-refractivity contribution in [1.29, 1.82) is 0 Å². The maximum Gasteiger partial charge on any atom is 0.262 e. The molecule has 0 radical (unpaired) electrons. The number of ether oxygens (including phenoxy) is 5. The summed E-state index contributed by atoms with van der Waals surface area (Å²) in [6.07, 6.45) is -3.32. The Kier molecular flexibility index (Phi) is 10.8. The van der Waals surface area contributed by atoms with Gasteiger partial charge in [0.2, 0.25) is 0 Å². The van der Waals surface area contributed by atoms with Crippen molar-refractivity contribution in [3.05, 3.63) is 179 Å². The normalized spacial score (nSPS) is 21.7. The van der Waals surface area contributed by atoms with Crippen LogP contribution in [-0.4, -0.2) is 54.0 Å². The van der Waals surface area contributed by atoms with Gasteiger partial charge in [0.05, 0.1) is 44.2 Å². The highest BCUT2D eigenvalue weighted by Gasteiger charge is 2.55. The van der Waals surface area contributed by atoms with Crippen LogP contribution in [0.3, 0.4) is 0 Å². The average Bonchev–Trinajstić information content (AvgIpc) is 3.42. The molecule has 2 aliphatic heterocycles. The number of carbonyl (C=O) groups is 2. The third-order valence-electron chi connectivity index (χ3n) is 8.96. The number of benzene rings is 5. The van der Waals surface area contributed by atoms with Gasteiger partial charge in [-0.25, -0.2) is 0 Å². The molecule has 2 heterocycles. The summed E-state index contributed by atoms with van der Waals surface area (Å²) in [4.78, 5) is 29.5. The van der Waals surface area contributed by atoms with E-state index < -0.39 is 42.5 Å². The van der Waals surface area contributed by atoms with Crippen LogP contribution in [0.15, 0.2) is 146 Å². The van der Waals surface area contributed by atoms with Gasteiger partial charge in [0, 0.05) is 0 Å². The summed E-state index contributed by atoms with van der Waals surface area (Å²) in [5, 5.41) is 0. The number of nitrogens with zero attached hydrogens (tertiary/aromatic N) is 1. The average molecular weight is 670 g/mol. The fourth-order valence-corrected chi connectivity index (χ4v) is 6.46. The van der Waals surface area contributed by atoms with Crippen LogP contribution in [0.1, 0.15) is 43.0 Å². The smallest absolute Gasteiger partial charge is 0.262 e. The zero-order valence-electron chi connectivity index (χ0n) is 27.6. The van der Waals surface area contributed by atoms with Crippen molar-refractivity contribution in [2.45, 2.75) is 57.1 Å². The van der Waals surface area contributed by atoms with E-state index in [1.165, 1.54) is 4.90 Å². The minimum atomic E-state index is -1.06. The molecule has 5 aromatic carbocycles. The van der Waals surface area contributed by atoms with Crippen molar-refractivity contribution in [2.75, 3.05) is 6.61 Å². The highest BCUT2D eigenvalue weighted by Crippen LogP contribution is 2.36. The minimum absolute atomic E-state index is 0.152. The topological polar surface area (TPSA) is 83.5 Å². The number of hydrogen-bond donors (Lipinski definition) is 0. The molecule has 0 bridgehead atoms. The molecule has 0 unspecified atom stereocenters. The van der Waals surface area contributed by atoms with Gasteiger partial charge >= 0.3 is 0 Å². The molecule has 1 fully saturated rings. The Morgan fingerprint density at radius 2 is 0.880 bits per heavy atom. The second kappa shape index (κ2) is 16.2. The molecular formula is C42H39NO7. The second-order valence-corrected chi connectivity index (χ2v) is 12.4. The molecule has 5 aromatic rings. The summed E-state index contributed by atoms with van der Waals surface area (Å²) in [7, 11) is 0. The summed E-state index contributed by atoms with van der Waals surface area (Å²) in [5.74, 6) is -0.859. The van der Waals surface area contributed by atoms with Crippen molar-refractivity contribution in [3.63, 3.8) is 0 Å². The summed E-state index contributed by atoms with van der Waals surface area (Å²) < 4.78 is 33.0. The number of amides is 2. The first-order valence-corrected chi connectivity index (χ1v) is 16.9. The van der Waals surface area contributed by atoms with E-state index in [0.29, 0.717) is 17.7 Å². The van der Waals surface area contributed by atoms with Crippen LogP contribution in [0.2, 0.25) is 0 Å². The predicted octanol–water partition coefficient (Wildman–Crippen LogP) is 6.98. The van der Waals surface area contributed by atoms with Gasteiger partial charge in [-0.2, -0.15) is 0 Å². The molecule has 50 heavy (non-hydrogen) atoms. The maximum absolute atomic E-state index is 14.1. The van der Waals surface area contributed by atoms with E-state index in [1.807, 2.05) is 121 Å². The lowest BCUT2D eigenvalue weighted by molar-refractivity contribution is -0.301. The van der Waals surface area contributed by atoms with Crippen LogP contribution in [0, 0.1) is 0 Å². The zero-order valence-corrected chi connectivity index (χ0v) is 27.6. The van der Waals surface area contributed by atoms with E-state index in [2.05, 4.69) is 0 Å². The van der Waals surface area contributed by atoms with Crippen molar-refractivity contribution in [3.8, 4) is 0 Å². The van der Waals surface area contributed by atoms with Crippen molar-refractivity contribution >= 4 is 11.8 Å². The van der Waals surface area contributed by atoms with Gasteiger partial charge in [-0.3, -0.25) is 14.5 Å². The maximum atomic E-state index is 14.1. The lowest BCUT2D eigenvalue weighted by atomic mass is 9.94. The van der Waals surface area contributed by atoms with E-state index in [0.717, 1.165) is 22.3 Å². The van der Waals surface area contributed by atoms with E-state index in [9.17, 15) is 9.59 Å². The molecule has 2 amide bonds. The van der Waals surface area contributed by atoms with Crippen LogP contribution in [0.4, 0.5) is 0 Å². The number of rotatable bonds is 14. The van der Waals surface area contributed by atoms with Gasteiger partial charge in [-0.1, -0.05) is 133 Å². The molecule has 0 N–H and O–H groups in total. The van der Waals surface area contributed by atoms with Crippen molar-refractivity contribution < 1.29 is 33.3 Å².